The lowest BCUT2D eigenvalue weighted by atomic mass is 9.98. The maximum Gasteiger partial charge on any atom is 0.314 e. The van der Waals surface area contributed by atoms with E-state index in [-0.39, 0.29) is 30.2 Å². The molecule has 2 N–H and O–H groups in total. The quantitative estimate of drug-likeness (QED) is 0.597. The number of likely N-dealkylation sites (tertiary alicyclic amines) is 1. The van der Waals surface area contributed by atoms with E-state index in [2.05, 4.69) is 5.32 Å². The largest absolute Gasteiger partial charge is 1.00 e. The summed E-state index contributed by atoms with van der Waals surface area (Å²) in [5.74, 6) is -0.147. The van der Waals surface area contributed by atoms with Crippen LogP contribution >= 0.6 is 11.6 Å². The molecule has 2 rings (SSSR count). The van der Waals surface area contributed by atoms with Gasteiger partial charge >= 0.3 is 5.97 Å². The van der Waals surface area contributed by atoms with E-state index >= 15 is 0 Å². The van der Waals surface area contributed by atoms with Gasteiger partial charge in [-0.15, -0.1) is 0 Å². The number of quaternary nitrogens is 1. The molecule has 1 saturated heterocycles. The number of piperidine rings is 1. The molecule has 0 spiro atoms. The summed E-state index contributed by atoms with van der Waals surface area (Å²) in [7, 11) is 0. The molecule has 2 unspecified atom stereocenters. The lowest BCUT2D eigenvalue weighted by molar-refractivity contribution is -0.906. The standard InChI is InChI=1S/C17H23ClN2O3.ClH/c1-2-23-17(22)13-4-3-10-20(12-13)11-9-16(21)19-15-7-5-14(18)6-8-15;/h5-8,13H,2-4,9-12H2,1H3,(H,19,21);1H. The molecule has 0 radical (unpaired) electrons. The van der Waals surface area contributed by atoms with E-state index in [9.17, 15) is 9.59 Å². The summed E-state index contributed by atoms with van der Waals surface area (Å²) >= 11 is 5.82. The number of ether oxygens (including phenoxy) is 1. The van der Waals surface area contributed by atoms with E-state index in [1.165, 1.54) is 4.90 Å². The normalized spacial score (nSPS) is 19.9. The fourth-order valence-electron chi connectivity index (χ4n) is 2.89. The van der Waals surface area contributed by atoms with Gasteiger partial charge in [-0.3, -0.25) is 9.59 Å². The second-order valence-electron chi connectivity index (χ2n) is 5.85. The molecule has 5 nitrogen and oxygen atoms in total. The molecule has 1 aliphatic heterocycles. The van der Waals surface area contributed by atoms with Gasteiger partial charge in [0.2, 0.25) is 5.91 Å². The number of carbonyl (C=O) groups excluding carboxylic acids is 2. The number of carbonyl (C=O) groups is 2. The number of nitrogens with one attached hydrogen (secondary N) is 2. The Morgan fingerprint density at radius 2 is 2.04 bits per heavy atom. The first-order chi connectivity index (χ1) is 11.1. The summed E-state index contributed by atoms with van der Waals surface area (Å²) in [6, 6.07) is 7.06. The van der Waals surface area contributed by atoms with Gasteiger partial charge < -0.3 is 27.4 Å². The highest BCUT2D eigenvalue weighted by molar-refractivity contribution is 6.30. The van der Waals surface area contributed by atoms with Crippen LogP contribution in [0.25, 0.3) is 0 Å². The predicted molar refractivity (Wildman–Crippen MR) is 89.6 cm³/mol. The van der Waals surface area contributed by atoms with Gasteiger partial charge in [0.05, 0.1) is 32.7 Å². The summed E-state index contributed by atoms with van der Waals surface area (Å²) in [5, 5.41) is 3.50. The molecule has 0 bridgehead atoms. The number of amides is 1. The van der Waals surface area contributed by atoms with Crippen LogP contribution in [0.1, 0.15) is 26.2 Å². The highest BCUT2D eigenvalue weighted by atomic mass is 35.5. The van der Waals surface area contributed by atoms with Crippen molar-refractivity contribution in [1.82, 2.24) is 0 Å². The third-order valence-corrected chi connectivity index (χ3v) is 4.32. The van der Waals surface area contributed by atoms with Gasteiger partial charge in [0.1, 0.15) is 5.92 Å². The second-order valence-corrected chi connectivity index (χ2v) is 6.29. The minimum Gasteiger partial charge on any atom is -1.00 e. The van der Waals surface area contributed by atoms with Gasteiger partial charge in [-0.2, -0.15) is 0 Å². The summed E-state index contributed by atoms with van der Waals surface area (Å²) in [6.45, 7) is 4.74. The van der Waals surface area contributed by atoms with Crippen LogP contribution < -0.4 is 22.6 Å². The Kier molecular flexibility index (Phi) is 9.11. The lowest BCUT2D eigenvalue weighted by Crippen LogP contribution is -3.13. The highest BCUT2D eigenvalue weighted by Gasteiger charge is 2.29. The predicted octanol–water partition coefficient (Wildman–Crippen LogP) is -1.47. The first kappa shape index (κ1) is 20.7. The first-order valence-corrected chi connectivity index (χ1v) is 8.52. The number of hydrogen-bond donors (Lipinski definition) is 2. The van der Waals surface area contributed by atoms with Crippen molar-refractivity contribution in [2.75, 3.05) is 31.6 Å². The minimum atomic E-state index is -0.102. The minimum absolute atomic E-state index is 0. The molecule has 24 heavy (non-hydrogen) atoms. The number of halogens is 2. The van der Waals surface area contributed by atoms with Gasteiger partial charge in [0, 0.05) is 10.7 Å². The van der Waals surface area contributed by atoms with Gasteiger partial charge in [-0.05, 0) is 44.0 Å². The Balaban J connectivity index is 0.00000288. The fourth-order valence-corrected chi connectivity index (χ4v) is 3.01. The van der Waals surface area contributed by atoms with Crippen molar-refractivity contribution in [2.45, 2.75) is 26.2 Å². The summed E-state index contributed by atoms with van der Waals surface area (Å²) in [5.41, 5.74) is 0.748. The topological polar surface area (TPSA) is 59.8 Å². The molecule has 1 heterocycles. The summed E-state index contributed by atoms with van der Waals surface area (Å²) in [4.78, 5) is 25.1. The summed E-state index contributed by atoms with van der Waals surface area (Å²) < 4.78 is 5.10. The third-order valence-electron chi connectivity index (χ3n) is 4.07. The van der Waals surface area contributed by atoms with E-state index in [1.807, 2.05) is 6.92 Å². The van der Waals surface area contributed by atoms with Crippen LogP contribution in [0, 0.1) is 5.92 Å². The van der Waals surface area contributed by atoms with Crippen LogP contribution in [-0.4, -0.2) is 38.1 Å². The molecule has 1 fully saturated rings. The number of benzene rings is 1. The molecule has 1 aliphatic rings. The monoisotopic (exact) mass is 374 g/mol. The SMILES string of the molecule is CCOC(=O)C1CCC[NH+](CCC(=O)Nc2ccc(Cl)cc2)C1.[Cl-]. The van der Waals surface area contributed by atoms with Gasteiger partial charge in [-0.1, -0.05) is 11.6 Å². The molecule has 134 valence electrons. The zero-order valence-electron chi connectivity index (χ0n) is 13.8. The average Bonchev–Trinajstić information content (AvgIpc) is 2.56. The molecule has 0 aliphatic carbocycles. The van der Waals surface area contributed by atoms with E-state index in [1.54, 1.807) is 24.3 Å². The van der Waals surface area contributed by atoms with Crippen LogP contribution in [0.3, 0.4) is 0 Å². The Morgan fingerprint density at radius 3 is 2.71 bits per heavy atom. The van der Waals surface area contributed by atoms with Gasteiger partial charge in [0.25, 0.3) is 0 Å². The molecular weight excluding hydrogens is 351 g/mol. The van der Waals surface area contributed by atoms with Crippen molar-refractivity contribution >= 4 is 29.2 Å². The van der Waals surface area contributed by atoms with Crippen molar-refractivity contribution in [3.8, 4) is 0 Å². The Morgan fingerprint density at radius 1 is 1.33 bits per heavy atom. The smallest absolute Gasteiger partial charge is 0.314 e. The first-order valence-electron chi connectivity index (χ1n) is 8.14. The van der Waals surface area contributed by atoms with Crippen LogP contribution in [0.15, 0.2) is 24.3 Å². The maximum atomic E-state index is 12.0. The second kappa shape index (κ2) is 10.5. The van der Waals surface area contributed by atoms with Crippen LogP contribution in [0.2, 0.25) is 5.02 Å². The fraction of sp³-hybridized carbons (Fsp3) is 0.529. The number of esters is 1. The Labute approximate surface area is 154 Å². The molecule has 1 amide bonds. The highest BCUT2D eigenvalue weighted by Crippen LogP contribution is 2.13. The van der Waals surface area contributed by atoms with Crippen molar-refractivity contribution in [3.05, 3.63) is 29.3 Å². The zero-order valence-corrected chi connectivity index (χ0v) is 15.3. The van der Waals surface area contributed by atoms with E-state index in [4.69, 9.17) is 16.3 Å². The lowest BCUT2D eigenvalue weighted by Gasteiger charge is -2.28. The number of rotatable bonds is 6. The zero-order chi connectivity index (χ0) is 16.7. The third kappa shape index (κ3) is 6.67. The van der Waals surface area contributed by atoms with E-state index < -0.39 is 0 Å². The molecule has 0 saturated carbocycles. The van der Waals surface area contributed by atoms with Crippen LogP contribution in [0.5, 0.6) is 0 Å². The Hall–Kier alpha value is -1.30. The van der Waals surface area contributed by atoms with Crippen molar-refractivity contribution in [3.63, 3.8) is 0 Å². The molecule has 7 heteroatoms. The molecule has 0 aromatic heterocycles. The average molecular weight is 375 g/mol. The van der Waals surface area contributed by atoms with Crippen molar-refractivity contribution in [2.24, 2.45) is 5.92 Å². The van der Waals surface area contributed by atoms with E-state index in [0.717, 1.165) is 38.2 Å². The van der Waals surface area contributed by atoms with Crippen LogP contribution in [-0.2, 0) is 14.3 Å². The molecule has 1 aromatic rings. The molecular formula is C17H24Cl2N2O3. The number of anilines is 1. The molecule has 1 aromatic carbocycles. The summed E-state index contributed by atoms with van der Waals surface area (Å²) in [6.07, 6.45) is 2.32. The van der Waals surface area contributed by atoms with Gasteiger partial charge in [-0.25, -0.2) is 0 Å². The van der Waals surface area contributed by atoms with Crippen molar-refractivity contribution < 1.29 is 31.6 Å². The maximum absolute atomic E-state index is 12.0. The van der Waals surface area contributed by atoms with E-state index in [0.29, 0.717) is 18.1 Å². The van der Waals surface area contributed by atoms with Crippen LogP contribution in [0.4, 0.5) is 5.69 Å². The van der Waals surface area contributed by atoms with Crippen molar-refractivity contribution in [1.29, 1.82) is 0 Å². The Bertz CT molecular complexity index is 537. The van der Waals surface area contributed by atoms with Gasteiger partial charge in [0.15, 0.2) is 0 Å². The number of hydrogen-bond acceptors (Lipinski definition) is 3. The molecule has 2 atom stereocenters.